The van der Waals surface area contributed by atoms with E-state index in [1.165, 1.54) is 0 Å². The third-order valence-corrected chi connectivity index (χ3v) is 4.08. The van der Waals surface area contributed by atoms with Crippen molar-refractivity contribution in [2.75, 3.05) is 0 Å². The highest BCUT2D eigenvalue weighted by Crippen LogP contribution is 2.20. The lowest BCUT2D eigenvalue weighted by Crippen LogP contribution is -2.00. The molecule has 0 fully saturated rings. The lowest BCUT2D eigenvalue weighted by atomic mass is 10.0. The van der Waals surface area contributed by atoms with Gasteiger partial charge in [-0.25, -0.2) is 13.4 Å². The molecule has 0 atom stereocenters. The monoisotopic (exact) mass is 320 g/mol. The molecule has 2 aromatic carbocycles. The summed E-state index contributed by atoms with van der Waals surface area (Å²) in [4.78, 5) is 18.8. The maximum absolute atomic E-state index is 12.3. The van der Waals surface area contributed by atoms with Gasteiger partial charge in [0.15, 0.2) is 5.78 Å². The second kappa shape index (κ2) is 4.98. The SMILES string of the molecule is O=C(c1ccccc1)c1ccc2nc(S(=O)(=O)Cl)[nH]c2c1. The molecule has 7 heteroatoms. The summed E-state index contributed by atoms with van der Waals surface area (Å²) in [6, 6.07) is 13.6. The first-order valence-corrected chi connectivity index (χ1v) is 8.30. The molecule has 21 heavy (non-hydrogen) atoms. The summed E-state index contributed by atoms with van der Waals surface area (Å²) in [6.07, 6.45) is 0. The third kappa shape index (κ3) is 2.68. The van der Waals surface area contributed by atoms with Gasteiger partial charge < -0.3 is 4.98 Å². The van der Waals surface area contributed by atoms with Gasteiger partial charge in [-0.3, -0.25) is 4.79 Å². The van der Waals surface area contributed by atoms with Crippen LogP contribution in [0.4, 0.5) is 0 Å². The van der Waals surface area contributed by atoms with Gasteiger partial charge in [0.1, 0.15) is 0 Å². The largest absolute Gasteiger partial charge is 0.328 e. The minimum atomic E-state index is -3.93. The fourth-order valence-electron chi connectivity index (χ4n) is 2.00. The fourth-order valence-corrected chi connectivity index (χ4v) is 2.66. The Hall–Kier alpha value is -2.18. The van der Waals surface area contributed by atoms with E-state index in [0.717, 1.165) is 0 Å². The molecule has 106 valence electrons. The van der Waals surface area contributed by atoms with Crippen LogP contribution in [0.3, 0.4) is 0 Å². The first kappa shape index (κ1) is 13.8. The molecule has 0 aliphatic heterocycles. The number of rotatable bonds is 3. The van der Waals surface area contributed by atoms with Gasteiger partial charge in [0.2, 0.25) is 5.16 Å². The highest BCUT2D eigenvalue weighted by molar-refractivity contribution is 8.13. The molecule has 1 N–H and O–H groups in total. The van der Waals surface area contributed by atoms with Gasteiger partial charge in [-0.2, -0.15) is 0 Å². The predicted octanol–water partition coefficient (Wildman–Crippen LogP) is 2.72. The van der Waals surface area contributed by atoms with Gasteiger partial charge in [-0.05, 0) is 18.2 Å². The number of ketones is 1. The molecule has 0 radical (unpaired) electrons. The van der Waals surface area contributed by atoms with Gasteiger partial charge in [-0.1, -0.05) is 30.3 Å². The average molecular weight is 321 g/mol. The summed E-state index contributed by atoms with van der Waals surface area (Å²) in [5, 5.41) is -0.330. The molecule has 5 nitrogen and oxygen atoms in total. The van der Waals surface area contributed by atoms with Crippen molar-refractivity contribution in [1.82, 2.24) is 9.97 Å². The van der Waals surface area contributed by atoms with Crippen LogP contribution in [-0.2, 0) is 9.05 Å². The van der Waals surface area contributed by atoms with Crippen LogP contribution < -0.4 is 0 Å². The molecule has 3 aromatic rings. The van der Waals surface area contributed by atoms with Crippen LogP contribution in [0.25, 0.3) is 11.0 Å². The number of carbonyl (C=O) groups is 1. The summed E-state index contributed by atoms with van der Waals surface area (Å²) in [5.41, 5.74) is 1.87. The molecule has 0 aliphatic carbocycles. The van der Waals surface area contributed by atoms with Gasteiger partial charge in [0, 0.05) is 21.8 Å². The van der Waals surface area contributed by atoms with Crippen LogP contribution in [0.5, 0.6) is 0 Å². The van der Waals surface area contributed by atoms with Crippen molar-refractivity contribution >= 4 is 36.5 Å². The van der Waals surface area contributed by atoms with Crippen LogP contribution in [0.1, 0.15) is 15.9 Å². The standard InChI is InChI=1S/C14H9ClN2O3S/c15-21(19,20)14-16-11-7-6-10(8-12(11)17-14)13(18)9-4-2-1-3-5-9/h1-8H,(H,16,17). The number of imidazole rings is 1. The van der Waals surface area contributed by atoms with Crippen molar-refractivity contribution in [3.63, 3.8) is 0 Å². The van der Waals surface area contributed by atoms with E-state index in [1.807, 2.05) is 6.07 Å². The van der Waals surface area contributed by atoms with Crippen molar-refractivity contribution in [2.45, 2.75) is 5.16 Å². The van der Waals surface area contributed by atoms with Gasteiger partial charge in [0.25, 0.3) is 9.05 Å². The van der Waals surface area contributed by atoms with Crippen LogP contribution in [0, 0.1) is 0 Å². The maximum atomic E-state index is 12.3. The Morgan fingerprint density at radius 3 is 2.43 bits per heavy atom. The Bertz CT molecular complexity index is 933. The molecule has 0 unspecified atom stereocenters. The number of fused-ring (bicyclic) bond motifs is 1. The number of aromatic amines is 1. The normalized spacial score (nSPS) is 11.7. The zero-order chi connectivity index (χ0) is 15.0. The van der Waals surface area contributed by atoms with Gasteiger partial charge >= 0.3 is 0 Å². The number of H-pyrrole nitrogens is 1. The first-order chi connectivity index (χ1) is 9.95. The molecule has 3 rings (SSSR count). The molecular formula is C14H9ClN2O3S. The van der Waals surface area contributed by atoms with E-state index in [0.29, 0.717) is 22.2 Å². The number of hydrogen-bond donors (Lipinski definition) is 1. The number of halogens is 1. The fraction of sp³-hybridized carbons (Fsp3) is 0. The molecule has 0 aliphatic rings. The lowest BCUT2D eigenvalue weighted by molar-refractivity contribution is 0.103. The van der Waals surface area contributed by atoms with Crippen molar-refractivity contribution in [1.29, 1.82) is 0 Å². The van der Waals surface area contributed by atoms with Gasteiger partial charge in [0.05, 0.1) is 11.0 Å². The Morgan fingerprint density at radius 1 is 1.05 bits per heavy atom. The first-order valence-electron chi connectivity index (χ1n) is 5.99. The Morgan fingerprint density at radius 2 is 1.76 bits per heavy atom. The summed E-state index contributed by atoms with van der Waals surface area (Å²) < 4.78 is 22.5. The summed E-state index contributed by atoms with van der Waals surface area (Å²) >= 11 is 0. The van der Waals surface area contributed by atoms with E-state index in [9.17, 15) is 13.2 Å². The Kier molecular flexibility index (Phi) is 3.27. The number of nitrogens with one attached hydrogen (secondary N) is 1. The topological polar surface area (TPSA) is 79.9 Å². The maximum Gasteiger partial charge on any atom is 0.294 e. The summed E-state index contributed by atoms with van der Waals surface area (Å²) in [7, 11) is 1.31. The van der Waals surface area contributed by atoms with Crippen molar-refractivity contribution < 1.29 is 13.2 Å². The number of carbonyl (C=O) groups excluding carboxylic acids is 1. The minimum Gasteiger partial charge on any atom is -0.328 e. The van der Waals surface area contributed by atoms with Crippen molar-refractivity contribution in [3.05, 3.63) is 59.7 Å². The molecule has 0 saturated carbocycles. The average Bonchev–Trinajstić information content (AvgIpc) is 2.90. The smallest absolute Gasteiger partial charge is 0.294 e. The van der Waals surface area contributed by atoms with E-state index in [-0.39, 0.29) is 10.9 Å². The van der Waals surface area contributed by atoms with E-state index in [2.05, 4.69) is 9.97 Å². The van der Waals surface area contributed by atoms with E-state index in [4.69, 9.17) is 10.7 Å². The minimum absolute atomic E-state index is 0.151. The molecule has 0 bridgehead atoms. The van der Waals surface area contributed by atoms with Crippen LogP contribution in [0.2, 0.25) is 0 Å². The second-order valence-electron chi connectivity index (χ2n) is 4.41. The zero-order valence-corrected chi connectivity index (χ0v) is 12.1. The highest BCUT2D eigenvalue weighted by Gasteiger charge is 2.17. The Balaban J connectivity index is 2.07. The highest BCUT2D eigenvalue weighted by atomic mass is 35.7. The molecule has 1 aromatic heterocycles. The number of nitrogens with zero attached hydrogens (tertiary/aromatic N) is 1. The second-order valence-corrected chi connectivity index (χ2v) is 6.89. The molecule has 0 saturated heterocycles. The van der Waals surface area contributed by atoms with E-state index >= 15 is 0 Å². The van der Waals surface area contributed by atoms with Gasteiger partial charge in [-0.15, -0.1) is 0 Å². The van der Waals surface area contributed by atoms with Crippen molar-refractivity contribution in [2.24, 2.45) is 0 Å². The Labute approximate surface area is 125 Å². The zero-order valence-electron chi connectivity index (χ0n) is 10.6. The van der Waals surface area contributed by atoms with Crippen LogP contribution in [0.15, 0.2) is 53.7 Å². The summed E-state index contributed by atoms with van der Waals surface area (Å²) in [5.74, 6) is -0.151. The van der Waals surface area contributed by atoms with E-state index in [1.54, 1.807) is 42.5 Å². The third-order valence-electron chi connectivity index (χ3n) is 2.99. The molecular weight excluding hydrogens is 312 g/mol. The van der Waals surface area contributed by atoms with Crippen LogP contribution in [-0.4, -0.2) is 24.2 Å². The number of benzene rings is 2. The summed E-state index contributed by atoms with van der Waals surface area (Å²) in [6.45, 7) is 0. The number of aromatic nitrogens is 2. The number of hydrogen-bond acceptors (Lipinski definition) is 4. The molecule has 1 heterocycles. The molecule has 0 spiro atoms. The quantitative estimate of drug-likeness (QED) is 0.594. The van der Waals surface area contributed by atoms with E-state index < -0.39 is 9.05 Å². The van der Waals surface area contributed by atoms with Crippen LogP contribution >= 0.6 is 10.7 Å². The molecule has 0 amide bonds. The lowest BCUT2D eigenvalue weighted by Gasteiger charge is -2.00. The predicted molar refractivity (Wildman–Crippen MR) is 79.0 cm³/mol. The van der Waals surface area contributed by atoms with Crippen molar-refractivity contribution in [3.8, 4) is 0 Å².